The molecule has 18 heavy (non-hydrogen) atoms. The molecule has 1 unspecified atom stereocenters. The molecule has 1 heterocycles. The fourth-order valence-corrected chi connectivity index (χ4v) is 3.48. The van der Waals surface area contributed by atoms with Gasteiger partial charge in [0.2, 0.25) is 0 Å². The molecule has 0 aliphatic rings. The minimum Gasteiger partial charge on any atom is -0.385 e. The van der Waals surface area contributed by atoms with Crippen molar-refractivity contribution in [1.82, 2.24) is 0 Å². The van der Waals surface area contributed by atoms with E-state index in [2.05, 4.69) is 0 Å². The Hall–Kier alpha value is -0.540. The van der Waals surface area contributed by atoms with E-state index in [1.807, 2.05) is 41.8 Å². The summed E-state index contributed by atoms with van der Waals surface area (Å²) in [6.07, 6.45) is 1.01. The summed E-state index contributed by atoms with van der Waals surface area (Å²) in [6.45, 7) is 0. The second-order valence-electron chi connectivity index (χ2n) is 4.21. The van der Waals surface area contributed by atoms with Gasteiger partial charge in [-0.1, -0.05) is 41.9 Å². The first-order valence-electron chi connectivity index (χ1n) is 5.71. The van der Waals surface area contributed by atoms with Crippen molar-refractivity contribution < 1.29 is 5.11 Å². The molecule has 0 saturated heterocycles. The van der Waals surface area contributed by atoms with Crippen LogP contribution in [-0.2, 0) is 12.0 Å². The summed E-state index contributed by atoms with van der Waals surface area (Å²) in [5.41, 5.74) is -0.0626. The van der Waals surface area contributed by atoms with E-state index in [1.54, 1.807) is 11.3 Å². The molecule has 0 saturated carbocycles. The van der Waals surface area contributed by atoms with Crippen molar-refractivity contribution in [1.29, 1.82) is 0 Å². The summed E-state index contributed by atoms with van der Waals surface area (Å²) < 4.78 is 0. The lowest BCUT2D eigenvalue weighted by atomic mass is 9.87. The Morgan fingerprint density at radius 2 is 1.89 bits per heavy atom. The fourth-order valence-electron chi connectivity index (χ4n) is 1.96. The summed E-state index contributed by atoms with van der Waals surface area (Å²) >= 11 is 13.5. The zero-order valence-corrected chi connectivity index (χ0v) is 12.1. The summed E-state index contributed by atoms with van der Waals surface area (Å²) in [5.74, 6) is 0.411. The molecule has 0 aliphatic heterocycles. The van der Waals surface area contributed by atoms with Gasteiger partial charge in [-0.2, -0.15) is 0 Å². The largest absolute Gasteiger partial charge is 0.385 e. The topological polar surface area (TPSA) is 20.2 Å². The van der Waals surface area contributed by atoms with Crippen LogP contribution in [0, 0.1) is 0 Å². The van der Waals surface area contributed by atoms with Crippen LogP contribution in [0.3, 0.4) is 0 Å². The standard InChI is InChI=1S/C14H14Cl2OS/c15-8-7-14(17,11-4-2-1-3-5-11)10-13-12(16)6-9-18-13/h1-6,9,17H,7-8,10H2. The second kappa shape index (κ2) is 6.07. The Bertz CT molecular complexity index is 498. The molecule has 2 rings (SSSR count). The van der Waals surface area contributed by atoms with Crippen LogP contribution in [-0.4, -0.2) is 11.0 Å². The van der Waals surface area contributed by atoms with E-state index in [1.165, 1.54) is 0 Å². The van der Waals surface area contributed by atoms with E-state index in [9.17, 15) is 5.11 Å². The number of halogens is 2. The van der Waals surface area contributed by atoms with Crippen LogP contribution in [0.5, 0.6) is 0 Å². The second-order valence-corrected chi connectivity index (χ2v) is 5.99. The molecule has 1 nitrogen and oxygen atoms in total. The normalized spacial score (nSPS) is 14.4. The van der Waals surface area contributed by atoms with Gasteiger partial charge in [0, 0.05) is 17.2 Å². The lowest BCUT2D eigenvalue weighted by Crippen LogP contribution is -2.29. The number of thiophene rings is 1. The van der Waals surface area contributed by atoms with Crippen LogP contribution in [0.2, 0.25) is 5.02 Å². The zero-order valence-electron chi connectivity index (χ0n) is 9.77. The third-order valence-corrected chi connectivity index (χ3v) is 4.54. The highest BCUT2D eigenvalue weighted by Crippen LogP contribution is 2.34. The number of hydrogen-bond donors (Lipinski definition) is 1. The van der Waals surface area contributed by atoms with Crippen LogP contribution in [0.1, 0.15) is 16.9 Å². The maximum Gasteiger partial charge on any atom is 0.0956 e. The molecule has 1 N–H and O–H groups in total. The lowest BCUT2D eigenvalue weighted by molar-refractivity contribution is 0.0345. The molecule has 1 aromatic heterocycles. The molecule has 0 aliphatic carbocycles. The van der Waals surface area contributed by atoms with Gasteiger partial charge in [-0.05, 0) is 23.4 Å². The van der Waals surface area contributed by atoms with Gasteiger partial charge in [0.1, 0.15) is 0 Å². The van der Waals surface area contributed by atoms with Gasteiger partial charge in [0.15, 0.2) is 0 Å². The van der Waals surface area contributed by atoms with Crippen molar-refractivity contribution in [2.24, 2.45) is 0 Å². The van der Waals surface area contributed by atoms with Gasteiger partial charge in [0.05, 0.1) is 10.6 Å². The van der Waals surface area contributed by atoms with Crippen LogP contribution < -0.4 is 0 Å². The van der Waals surface area contributed by atoms with Crippen molar-refractivity contribution >= 4 is 34.5 Å². The van der Waals surface area contributed by atoms with Gasteiger partial charge in [-0.3, -0.25) is 0 Å². The molecule has 1 atom stereocenters. The molecule has 0 bridgehead atoms. The molecule has 4 heteroatoms. The van der Waals surface area contributed by atoms with Crippen molar-refractivity contribution in [2.75, 3.05) is 5.88 Å². The number of benzene rings is 1. The molecule has 0 fully saturated rings. The number of rotatable bonds is 5. The Morgan fingerprint density at radius 3 is 2.44 bits per heavy atom. The first-order valence-corrected chi connectivity index (χ1v) is 7.51. The minimum atomic E-state index is -0.947. The minimum absolute atomic E-state index is 0.411. The van der Waals surface area contributed by atoms with Gasteiger partial charge in [-0.25, -0.2) is 0 Å². The molecule has 0 amide bonds. The highest BCUT2D eigenvalue weighted by Gasteiger charge is 2.30. The highest BCUT2D eigenvalue weighted by molar-refractivity contribution is 7.10. The van der Waals surface area contributed by atoms with Crippen LogP contribution >= 0.6 is 34.5 Å². The first-order chi connectivity index (χ1) is 8.65. The van der Waals surface area contributed by atoms with Crippen molar-refractivity contribution in [3.8, 4) is 0 Å². The average molecular weight is 301 g/mol. The Kier molecular flexibility index (Phi) is 4.68. The SMILES string of the molecule is OC(CCCl)(Cc1sccc1Cl)c1ccccc1. The third kappa shape index (κ3) is 3.07. The Balaban J connectivity index is 2.30. The monoisotopic (exact) mass is 300 g/mol. The maximum absolute atomic E-state index is 10.8. The van der Waals surface area contributed by atoms with E-state index in [0.29, 0.717) is 23.7 Å². The van der Waals surface area contributed by atoms with Crippen LogP contribution in [0.15, 0.2) is 41.8 Å². The summed E-state index contributed by atoms with van der Waals surface area (Å²) in [4.78, 5) is 0.994. The Morgan fingerprint density at radius 1 is 1.17 bits per heavy atom. The van der Waals surface area contributed by atoms with E-state index >= 15 is 0 Å². The van der Waals surface area contributed by atoms with E-state index < -0.39 is 5.60 Å². The molecule has 0 radical (unpaired) electrons. The molecule has 0 spiro atoms. The van der Waals surface area contributed by atoms with E-state index in [4.69, 9.17) is 23.2 Å². The predicted molar refractivity (Wildman–Crippen MR) is 78.7 cm³/mol. The molecular formula is C14H14Cl2OS. The van der Waals surface area contributed by atoms with Gasteiger partial charge in [0.25, 0.3) is 0 Å². The average Bonchev–Trinajstić information content (AvgIpc) is 2.76. The molecule has 96 valence electrons. The summed E-state index contributed by atoms with van der Waals surface area (Å²) in [7, 11) is 0. The highest BCUT2D eigenvalue weighted by atomic mass is 35.5. The molecular weight excluding hydrogens is 287 g/mol. The van der Waals surface area contributed by atoms with Crippen LogP contribution in [0.25, 0.3) is 0 Å². The quantitative estimate of drug-likeness (QED) is 0.808. The summed E-state index contributed by atoms with van der Waals surface area (Å²) in [6, 6.07) is 11.5. The first kappa shape index (κ1) is 13.9. The van der Waals surface area contributed by atoms with Gasteiger partial charge < -0.3 is 5.11 Å². The Labute approximate surface area is 121 Å². The fraction of sp³-hybridized carbons (Fsp3) is 0.286. The smallest absolute Gasteiger partial charge is 0.0956 e. The van der Waals surface area contributed by atoms with E-state index in [0.717, 1.165) is 10.4 Å². The van der Waals surface area contributed by atoms with Gasteiger partial charge >= 0.3 is 0 Å². The predicted octanol–water partition coefficient (Wildman–Crippen LogP) is 4.46. The lowest BCUT2D eigenvalue weighted by Gasteiger charge is -2.27. The van der Waals surface area contributed by atoms with E-state index in [-0.39, 0.29) is 0 Å². The maximum atomic E-state index is 10.8. The number of hydrogen-bond acceptors (Lipinski definition) is 2. The zero-order chi connectivity index (χ0) is 13.0. The molecule has 2 aromatic rings. The molecule has 1 aromatic carbocycles. The summed E-state index contributed by atoms with van der Waals surface area (Å²) in [5, 5.41) is 13.5. The van der Waals surface area contributed by atoms with Crippen molar-refractivity contribution in [3.05, 3.63) is 57.2 Å². The van der Waals surface area contributed by atoms with Gasteiger partial charge in [-0.15, -0.1) is 22.9 Å². The number of aliphatic hydroxyl groups is 1. The van der Waals surface area contributed by atoms with Crippen LogP contribution in [0.4, 0.5) is 0 Å². The third-order valence-electron chi connectivity index (χ3n) is 2.96. The number of alkyl halides is 1. The van der Waals surface area contributed by atoms with Crippen molar-refractivity contribution in [2.45, 2.75) is 18.4 Å². The van der Waals surface area contributed by atoms with Crippen molar-refractivity contribution in [3.63, 3.8) is 0 Å².